The summed E-state index contributed by atoms with van der Waals surface area (Å²) >= 11 is 0. The van der Waals surface area contributed by atoms with Crippen molar-refractivity contribution in [3.63, 3.8) is 0 Å². The quantitative estimate of drug-likeness (QED) is 0.816. The van der Waals surface area contributed by atoms with E-state index in [0.29, 0.717) is 6.54 Å². The molecule has 1 aromatic carbocycles. The Morgan fingerprint density at radius 1 is 1.31 bits per heavy atom. The Labute approximate surface area is 163 Å². The van der Waals surface area contributed by atoms with Crippen molar-refractivity contribution in [3.8, 4) is 0 Å². The summed E-state index contributed by atoms with van der Waals surface area (Å²) in [5.74, 6) is -3.40. The third kappa shape index (κ3) is 2.46. The Balaban J connectivity index is 1.81. The average molecular weight is 407 g/mol. The SMILES string of the molecule is Cc1c(F)c(N2C[C@@H](N)C3(CC3)C2)c(F)c2c1c(=O)c(C(=O)O)cn2[C@@H]1C[C@@H]1F. The summed E-state index contributed by atoms with van der Waals surface area (Å²) in [7, 11) is 0. The molecule has 1 saturated heterocycles. The molecule has 1 spiro atoms. The third-order valence-corrected chi connectivity index (χ3v) is 6.75. The van der Waals surface area contributed by atoms with Crippen LogP contribution in [0.4, 0.5) is 18.9 Å². The Bertz CT molecular complexity index is 1140. The molecule has 1 aliphatic heterocycles. The summed E-state index contributed by atoms with van der Waals surface area (Å²) in [5, 5.41) is 9.00. The maximum Gasteiger partial charge on any atom is 0.341 e. The number of nitrogens with two attached hydrogens (primary N) is 1. The number of carbonyl (C=O) groups is 1. The molecule has 1 aromatic heterocycles. The van der Waals surface area contributed by atoms with E-state index in [2.05, 4.69) is 0 Å². The van der Waals surface area contributed by atoms with Crippen molar-refractivity contribution in [2.75, 3.05) is 18.0 Å². The molecule has 2 heterocycles. The van der Waals surface area contributed by atoms with E-state index in [-0.39, 0.29) is 46.6 Å². The van der Waals surface area contributed by atoms with E-state index < -0.39 is 40.8 Å². The van der Waals surface area contributed by atoms with Crippen LogP contribution in [0.5, 0.6) is 0 Å². The lowest BCUT2D eigenvalue weighted by Crippen LogP contribution is -2.31. The van der Waals surface area contributed by atoms with Gasteiger partial charge < -0.3 is 20.3 Å². The highest BCUT2D eigenvalue weighted by molar-refractivity contribution is 5.95. The molecule has 3 atom stereocenters. The summed E-state index contributed by atoms with van der Waals surface area (Å²) in [4.78, 5) is 25.8. The van der Waals surface area contributed by atoms with Gasteiger partial charge >= 0.3 is 5.97 Å². The number of hydrogen-bond acceptors (Lipinski definition) is 4. The number of anilines is 1. The third-order valence-electron chi connectivity index (χ3n) is 6.75. The van der Waals surface area contributed by atoms with E-state index in [1.165, 1.54) is 6.92 Å². The number of halogens is 3. The van der Waals surface area contributed by atoms with Gasteiger partial charge in [-0.25, -0.2) is 18.0 Å². The summed E-state index contributed by atoms with van der Waals surface area (Å²) in [5.41, 5.74) is 3.78. The highest BCUT2D eigenvalue weighted by Gasteiger charge is 2.54. The van der Waals surface area contributed by atoms with Crippen LogP contribution in [0.2, 0.25) is 0 Å². The van der Waals surface area contributed by atoms with Crippen molar-refractivity contribution in [1.29, 1.82) is 0 Å². The number of alkyl halides is 1. The van der Waals surface area contributed by atoms with Gasteiger partial charge in [-0.3, -0.25) is 4.79 Å². The first kappa shape index (κ1) is 18.5. The van der Waals surface area contributed by atoms with E-state index in [1.807, 2.05) is 0 Å². The second-order valence-corrected chi connectivity index (χ2v) is 8.58. The molecule has 154 valence electrons. The number of rotatable bonds is 3. The summed E-state index contributed by atoms with van der Waals surface area (Å²) in [6, 6.07) is -0.980. The summed E-state index contributed by atoms with van der Waals surface area (Å²) < 4.78 is 46.0. The Kier molecular flexibility index (Phi) is 3.66. The standard InChI is InChI=1S/C20H20F3N3O3/c1-8-13-16(26(11-4-10(11)21)5-9(18(13)27)19(28)29)15(23)17(14(8)22)25-6-12(24)20(7-25)2-3-20/h5,10-12H,2-4,6-7,24H2,1H3,(H,28,29)/t10-,11+,12+/m0/s1. The maximum atomic E-state index is 15.7. The van der Waals surface area contributed by atoms with Gasteiger partial charge in [0.1, 0.15) is 17.4 Å². The molecule has 3 N–H and O–H groups in total. The number of aryl methyl sites for hydroxylation is 1. The number of pyridine rings is 1. The average Bonchev–Trinajstić information content (AvgIpc) is 3.55. The number of hydrogen-bond donors (Lipinski definition) is 2. The van der Waals surface area contributed by atoms with Gasteiger partial charge in [0.15, 0.2) is 11.6 Å². The van der Waals surface area contributed by atoms with Crippen molar-refractivity contribution < 1.29 is 23.1 Å². The number of aromatic carboxylic acids is 1. The zero-order chi connectivity index (χ0) is 20.8. The first-order valence-electron chi connectivity index (χ1n) is 9.60. The Hall–Kier alpha value is -2.55. The largest absolute Gasteiger partial charge is 0.477 e. The first-order valence-corrected chi connectivity index (χ1v) is 9.60. The molecule has 2 saturated carbocycles. The molecule has 0 amide bonds. The molecule has 5 rings (SSSR count). The van der Waals surface area contributed by atoms with Crippen LogP contribution in [-0.4, -0.2) is 40.9 Å². The van der Waals surface area contributed by atoms with Crippen LogP contribution in [0.15, 0.2) is 11.0 Å². The molecule has 3 fully saturated rings. The van der Waals surface area contributed by atoms with Gasteiger partial charge in [-0.15, -0.1) is 0 Å². The molecule has 2 aliphatic carbocycles. The minimum absolute atomic E-state index is 0.0833. The second-order valence-electron chi connectivity index (χ2n) is 8.58. The van der Waals surface area contributed by atoms with Gasteiger partial charge in [-0.1, -0.05) is 0 Å². The van der Waals surface area contributed by atoms with Crippen LogP contribution < -0.4 is 16.1 Å². The number of carboxylic acid groups (broad SMARTS) is 1. The van der Waals surface area contributed by atoms with Crippen LogP contribution in [0.25, 0.3) is 10.9 Å². The monoisotopic (exact) mass is 407 g/mol. The van der Waals surface area contributed by atoms with Crippen molar-refractivity contribution in [2.24, 2.45) is 11.1 Å². The lowest BCUT2D eigenvalue weighted by Gasteiger charge is -2.24. The number of nitrogens with zero attached hydrogens (tertiary/aromatic N) is 2. The molecule has 29 heavy (non-hydrogen) atoms. The van der Waals surface area contributed by atoms with Crippen molar-refractivity contribution >= 4 is 22.6 Å². The van der Waals surface area contributed by atoms with E-state index in [4.69, 9.17) is 5.73 Å². The number of benzene rings is 1. The predicted molar refractivity (Wildman–Crippen MR) is 100 cm³/mol. The lowest BCUT2D eigenvalue weighted by atomic mass is 10.0. The Morgan fingerprint density at radius 3 is 2.48 bits per heavy atom. The zero-order valence-electron chi connectivity index (χ0n) is 15.7. The van der Waals surface area contributed by atoms with E-state index in [1.54, 1.807) is 4.90 Å². The van der Waals surface area contributed by atoms with Gasteiger partial charge in [0, 0.05) is 42.7 Å². The van der Waals surface area contributed by atoms with E-state index in [9.17, 15) is 19.1 Å². The predicted octanol–water partition coefficient (Wildman–Crippen LogP) is 2.50. The van der Waals surface area contributed by atoms with Crippen molar-refractivity contribution in [1.82, 2.24) is 4.57 Å². The van der Waals surface area contributed by atoms with Gasteiger partial charge in [0.05, 0.1) is 16.9 Å². The number of aromatic nitrogens is 1. The van der Waals surface area contributed by atoms with Gasteiger partial charge in [0.25, 0.3) is 0 Å². The highest BCUT2D eigenvalue weighted by atomic mass is 19.1. The lowest BCUT2D eigenvalue weighted by molar-refractivity contribution is 0.0694. The summed E-state index contributed by atoms with van der Waals surface area (Å²) in [6.45, 7) is 2.02. The fourth-order valence-corrected chi connectivity index (χ4v) is 4.68. The minimum Gasteiger partial charge on any atom is -0.477 e. The Morgan fingerprint density at radius 2 is 1.97 bits per heavy atom. The van der Waals surface area contributed by atoms with Crippen LogP contribution >= 0.6 is 0 Å². The van der Waals surface area contributed by atoms with Crippen LogP contribution in [0.1, 0.15) is 41.2 Å². The van der Waals surface area contributed by atoms with Crippen LogP contribution in [-0.2, 0) is 0 Å². The fourth-order valence-electron chi connectivity index (χ4n) is 4.68. The molecule has 2 aromatic rings. The molecule has 0 radical (unpaired) electrons. The number of carboxylic acids is 1. The molecular weight excluding hydrogens is 387 g/mol. The van der Waals surface area contributed by atoms with Gasteiger partial charge in [0.2, 0.25) is 5.43 Å². The maximum absolute atomic E-state index is 15.7. The smallest absolute Gasteiger partial charge is 0.341 e. The molecule has 3 aliphatic rings. The fraction of sp³-hybridized carbons (Fsp3) is 0.500. The van der Waals surface area contributed by atoms with Gasteiger partial charge in [-0.05, 0) is 19.8 Å². The van der Waals surface area contributed by atoms with E-state index >= 15 is 8.78 Å². The normalized spacial score (nSPS) is 27.1. The first-order chi connectivity index (χ1) is 13.7. The molecule has 6 nitrogen and oxygen atoms in total. The highest BCUT2D eigenvalue weighted by Crippen LogP contribution is 2.53. The molecule has 0 unspecified atom stereocenters. The van der Waals surface area contributed by atoms with Crippen LogP contribution in [0.3, 0.4) is 0 Å². The number of fused-ring (bicyclic) bond motifs is 1. The molecular formula is C20H20F3N3O3. The zero-order valence-corrected chi connectivity index (χ0v) is 15.7. The molecule has 9 heteroatoms. The second kappa shape index (κ2) is 5.75. The minimum atomic E-state index is -1.52. The van der Waals surface area contributed by atoms with Crippen molar-refractivity contribution in [2.45, 2.75) is 44.4 Å². The van der Waals surface area contributed by atoms with Crippen LogP contribution in [0, 0.1) is 24.0 Å². The molecule has 0 bridgehead atoms. The topological polar surface area (TPSA) is 88.6 Å². The van der Waals surface area contributed by atoms with Gasteiger partial charge in [-0.2, -0.15) is 0 Å². The summed E-state index contributed by atoms with van der Waals surface area (Å²) in [6.07, 6.45) is 1.59. The van der Waals surface area contributed by atoms with Crippen molar-refractivity contribution in [3.05, 3.63) is 39.2 Å². The van der Waals surface area contributed by atoms with E-state index in [0.717, 1.165) is 23.6 Å².